The molecular weight excluding hydrogens is 400 g/mol. The van der Waals surface area contributed by atoms with Gasteiger partial charge in [0.05, 0.1) is 6.04 Å². The number of aromatic nitrogens is 3. The van der Waals surface area contributed by atoms with E-state index < -0.39 is 0 Å². The molecule has 3 aromatic rings. The van der Waals surface area contributed by atoms with Gasteiger partial charge in [0.15, 0.2) is 0 Å². The van der Waals surface area contributed by atoms with E-state index in [9.17, 15) is 9.59 Å². The number of hydrogen-bond acceptors (Lipinski definition) is 4. The van der Waals surface area contributed by atoms with Crippen LogP contribution in [0.15, 0.2) is 59.5 Å². The van der Waals surface area contributed by atoms with Crippen molar-refractivity contribution in [3.05, 3.63) is 92.6 Å². The van der Waals surface area contributed by atoms with Gasteiger partial charge in [-0.3, -0.25) is 14.6 Å². The van der Waals surface area contributed by atoms with Crippen molar-refractivity contribution in [1.29, 1.82) is 0 Å². The number of pyridine rings is 1. The van der Waals surface area contributed by atoms with Crippen molar-refractivity contribution in [3.63, 3.8) is 0 Å². The lowest BCUT2D eigenvalue weighted by Crippen LogP contribution is -2.39. The smallest absolute Gasteiger partial charge is 0.274 e. The van der Waals surface area contributed by atoms with Crippen LogP contribution in [0.4, 0.5) is 0 Å². The zero-order valence-electron chi connectivity index (χ0n) is 16.8. The molecule has 1 aliphatic heterocycles. The fourth-order valence-corrected chi connectivity index (χ4v) is 4.06. The van der Waals surface area contributed by atoms with Crippen LogP contribution in [0.5, 0.6) is 0 Å². The lowest BCUT2D eigenvalue weighted by molar-refractivity contribution is 0.0602. The van der Waals surface area contributed by atoms with Crippen molar-refractivity contribution in [3.8, 4) is 0 Å². The maximum Gasteiger partial charge on any atom is 0.274 e. The minimum absolute atomic E-state index is 0.0489. The average molecular weight is 423 g/mol. The zero-order chi connectivity index (χ0) is 21.1. The van der Waals surface area contributed by atoms with Gasteiger partial charge in [-0.25, -0.2) is 4.68 Å². The Kier molecular flexibility index (Phi) is 5.95. The summed E-state index contributed by atoms with van der Waals surface area (Å²) >= 11 is 6.26. The van der Waals surface area contributed by atoms with Crippen molar-refractivity contribution >= 4 is 17.5 Å². The summed E-state index contributed by atoms with van der Waals surface area (Å²) in [5.41, 5.74) is 3.03. The maximum absolute atomic E-state index is 13.1. The number of carbonyl (C=O) groups excluding carboxylic acids is 1. The Morgan fingerprint density at radius 1 is 1.13 bits per heavy atom. The standard InChI is InChI=1S/C23H23ClN4O2/c1-27-22(29)12-11-20(26-27)23(30)28-13-5-4-8-21(28)17-9-10-18(25-15-17)14-16-6-2-3-7-19(16)24/h2-3,6-7,9-12,15,21H,4-5,8,13-14H2,1H3/t21-/m0/s1. The Labute approximate surface area is 180 Å². The number of piperidine rings is 1. The molecule has 4 rings (SSSR count). The van der Waals surface area contributed by atoms with E-state index in [1.54, 1.807) is 7.05 Å². The van der Waals surface area contributed by atoms with E-state index in [2.05, 4.69) is 10.1 Å². The number of nitrogens with zero attached hydrogens (tertiary/aromatic N) is 4. The highest BCUT2D eigenvalue weighted by Crippen LogP contribution is 2.31. The number of rotatable bonds is 4. The van der Waals surface area contributed by atoms with Gasteiger partial charge in [-0.05, 0) is 48.6 Å². The van der Waals surface area contributed by atoms with Crippen molar-refractivity contribution in [2.45, 2.75) is 31.7 Å². The molecule has 1 amide bonds. The highest BCUT2D eigenvalue weighted by molar-refractivity contribution is 6.31. The van der Waals surface area contributed by atoms with Crippen LogP contribution in [0, 0.1) is 0 Å². The molecule has 1 aromatic carbocycles. The maximum atomic E-state index is 13.1. The Bertz CT molecular complexity index is 1110. The molecule has 30 heavy (non-hydrogen) atoms. The Hall–Kier alpha value is -2.99. The first kappa shape index (κ1) is 20.3. The molecule has 2 aromatic heterocycles. The quantitative estimate of drug-likeness (QED) is 0.641. The molecule has 6 nitrogen and oxygen atoms in total. The monoisotopic (exact) mass is 422 g/mol. The van der Waals surface area contributed by atoms with E-state index in [-0.39, 0.29) is 23.2 Å². The summed E-state index contributed by atoms with van der Waals surface area (Å²) in [6.07, 6.45) is 5.40. The molecule has 0 unspecified atom stereocenters. The van der Waals surface area contributed by atoms with Crippen LogP contribution >= 0.6 is 11.6 Å². The second-order valence-corrected chi connectivity index (χ2v) is 7.95. The highest BCUT2D eigenvalue weighted by atomic mass is 35.5. The third-order valence-corrected chi connectivity index (χ3v) is 5.87. The molecule has 0 spiro atoms. The van der Waals surface area contributed by atoms with E-state index in [0.29, 0.717) is 13.0 Å². The van der Waals surface area contributed by atoms with Crippen LogP contribution in [0.3, 0.4) is 0 Å². The van der Waals surface area contributed by atoms with Gasteiger partial charge in [-0.1, -0.05) is 35.9 Å². The summed E-state index contributed by atoms with van der Waals surface area (Å²) in [4.78, 5) is 31.2. The van der Waals surface area contributed by atoms with Gasteiger partial charge in [0.1, 0.15) is 5.69 Å². The number of aryl methyl sites for hydroxylation is 1. The van der Waals surface area contributed by atoms with Crippen LogP contribution in [0.2, 0.25) is 5.02 Å². The fourth-order valence-electron chi connectivity index (χ4n) is 3.86. The molecule has 0 N–H and O–H groups in total. The van der Waals surface area contributed by atoms with Gasteiger partial charge in [0.2, 0.25) is 0 Å². The van der Waals surface area contributed by atoms with Gasteiger partial charge in [-0.2, -0.15) is 5.10 Å². The fraction of sp³-hybridized carbons (Fsp3) is 0.304. The van der Waals surface area contributed by atoms with E-state index in [1.165, 1.54) is 16.8 Å². The lowest BCUT2D eigenvalue weighted by atomic mass is 9.95. The molecule has 0 radical (unpaired) electrons. The molecule has 3 heterocycles. The van der Waals surface area contributed by atoms with Crippen molar-refractivity contribution in [2.24, 2.45) is 7.05 Å². The zero-order valence-corrected chi connectivity index (χ0v) is 17.5. The number of carbonyl (C=O) groups is 1. The number of amides is 1. The summed E-state index contributed by atoms with van der Waals surface area (Å²) in [5.74, 6) is -0.157. The Balaban J connectivity index is 1.55. The number of halogens is 1. The molecule has 154 valence electrons. The Morgan fingerprint density at radius 3 is 2.70 bits per heavy atom. The second-order valence-electron chi connectivity index (χ2n) is 7.54. The predicted molar refractivity (Wildman–Crippen MR) is 116 cm³/mol. The van der Waals surface area contributed by atoms with Crippen molar-refractivity contribution in [1.82, 2.24) is 19.7 Å². The second kappa shape index (κ2) is 8.79. The average Bonchev–Trinajstić information content (AvgIpc) is 2.77. The molecule has 7 heteroatoms. The summed E-state index contributed by atoms with van der Waals surface area (Å²) < 4.78 is 1.19. The minimum Gasteiger partial charge on any atom is -0.330 e. The molecule has 1 fully saturated rings. The Morgan fingerprint density at radius 2 is 1.97 bits per heavy atom. The van der Waals surface area contributed by atoms with Crippen LogP contribution in [0.25, 0.3) is 0 Å². The predicted octanol–water partition coefficient (Wildman–Crippen LogP) is 3.79. The molecule has 1 aliphatic rings. The number of likely N-dealkylation sites (tertiary alicyclic amines) is 1. The third-order valence-electron chi connectivity index (χ3n) is 5.51. The molecule has 1 atom stereocenters. The van der Waals surface area contributed by atoms with E-state index in [1.807, 2.05) is 47.5 Å². The molecular formula is C23H23ClN4O2. The van der Waals surface area contributed by atoms with Crippen molar-refractivity contribution < 1.29 is 4.79 Å². The number of hydrogen-bond donors (Lipinski definition) is 0. The first-order chi connectivity index (χ1) is 14.5. The van der Waals surface area contributed by atoms with Crippen LogP contribution in [-0.2, 0) is 13.5 Å². The van der Waals surface area contributed by atoms with Gasteiger partial charge in [0.25, 0.3) is 11.5 Å². The topological polar surface area (TPSA) is 68.1 Å². The lowest BCUT2D eigenvalue weighted by Gasteiger charge is -2.35. The minimum atomic E-state index is -0.236. The molecule has 0 aliphatic carbocycles. The number of benzene rings is 1. The van der Waals surface area contributed by atoms with Gasteiger partial charge < -0.3 is 4.90 Å². The normalized spacial score (nSPS) is 16.5. The van der Waals surface area contributed by atoms with E-state index >= 15 is 0 Å². The third kappa shape index (κ3) is 4.28. The van der Waals surface area contributed by atoms with E-state index in [0.717, 1.165) is 41.1 Å². The van der Waals surface area contributed by atoms with Gasteiger partial charge in [-0.15, -0.1) is 0 Å². The van der Waals surface area contributed by atoms with Crippen LogP contribution in [-0.4, -0.2) is 32.1 Å². The first-order valence-electron chi connectivity index (χ1n) is 10.1. The first-order valence-corrected chi connectivity index (χ1v) is 10.4. The summed E-state index contributed by atoms with van der Waals surface area (Å²) in [6.45, 7) is 0.662. The van der Waals surface area contributed by atoms with Gasteiger partial charge in [0, 0.05) is 43.0 Å². The van der Waals surface area contributed by atoms with Crippen LogP contribution in [0.1, 0.15) is 52.6 Å². The summed E-state index contributed by atoms with van der Waals surface area (Å²) in [6, 6.07) is 14.6. The molecule has 0 saturated carbocycles. The molecule has 0 bridgehead atoms. The van der Waals surface area contributed by atoms with Crippen LogP contribution < -0.4 is 5.56 Å². The largest absolute Gasteiger partial charge is 0.330 e. The van der Waals surface area contributed by atoms with Gasteiger partial charge >= 0.3 is 0 Å². The summed E-state index contributed by atoms with van der Waals surface area (Å²) in [5, 5.41) is 4.86. The SMILES string of the molecule is Cn1nc(C(=O)N2CCCC[C@H]2c2ccc(Cc3ccccc3Cl)nc2)ccc1=O. The summed E-state index contributed by atoms with van der Waals surface area (Å²) in [7, 11) is 1.55. The molecule has 1 saturated heterocycles. The van der Waals surface area contributed by atoms with E-state index in [4.69, 9.17) is 11.6 Å². The highest BCUT2D eigenvalue weighted by Gasteiger charge is 2.30. The van der Waals surface area contributed by atoms with Crippen molar-refractivity contribution in [2.75, 3.05) is 6.54 Å².